The van der Waals surface area contributed by atoms with Gasteiger partial charge in [-0.1, -0.05) is 17.8 Å². The van der Waals surface area contributed by atoms with Crippen molar-refractivity contribution >= 4 is 50.6 Å². The molecule has 0 radical (unpaired) electrons. The van der Waals surface area contributed by atoms with Crippen LogP contribution in [0.15, 0.2) is 49.6 Å². The molecule has 0 amide bonds. The summed E-state index contributed by atoms with van der Waals surface area (Å²) in [6, 6.07) is 5.56. The van der Waals surface area contributed by atoms with E-state index >= 15 is 0 Å². The Balaban J connectivity index is 1.64. The molecule has 0 saturated heterocycles. The highest BCUT2D eigenvalue weighted by atomic mass is 32.2. The Bertz CT molecular complexity index is 1190. The maximum atomic E-state index is 13.0. The predicted octanol–water partition coefficient (Wildman–Crippen LogP) is 4.79. The molecule has 28 heavy (non-hydrogen) atoms. The summed E-state index contributed by atoms with van der Waals surface area (Å²) in [6.45, 7) is 2.06. The molecule has 4 aromatic heterocycles. The Kier molecular flexibility index (Phi) is 5.38. The molecule has 4 aromatic rings. The van der Waals surface area contributed by atoms with E-state index in [4.69, 9.17) is 9.15 Å². The summed E-state index contributed by atoms with van der Waals surface area (Å²) in [4.78, 5) is 31.4. The average molecular weight is 433 g/mol. The molecule has 0 fully saturated rings. The Morgan fingerprint density at radius 2 is 2.21 bits per heavy atom. The van der Waals surface area contributed by atoms with Crippen LogP contribution in [0.5, 0.6) is 0 Å². The van der Waals surface area contributed by atoms with Gasteiger partial charge in [0, 0.05) is 22.9 Å². The number of aromatic nitrogens is 2. The van der Waals surface area contributed by atoms with Crippen LogP contribution >= 0.6 is 34.4 Å². The summed E-state index contributed by atoms with van der Waals surface area (Å²) in [5, 5.41) is 5.18. The minimum Gasteiger partial charge on any atom is -0.468 e. The molecule has 0 N–H and O–H groups in total. The number of carbonyl (C=O) groups is 1. The van der Waals surface area contributed by atoms with Crippen molar-refractivity contribution in [2.75, 3.05) is 6.61 Å². The molecule has 9 heteroatoms. The standard InChI is InChI=1S/C19H16N2O4S3/c1-3-24-18(23)11-6-7-25-13(11)10-28-19-20-16-15(17(22)21(19)2)12(9-27-16)14-5-4-8-26-14/h4-9H,3,10H2,1-2H3. The monoisotopic (exact) mass is 432 g/mol. The van der Waals surface area contributed by atoms with E-state index in [9.17, 15) is 9.59 Å². The van der Waals surface area contributed by atoms with Crippen LogP contribution in [0.3, 0.4) is 0 Å². The van der Waals surface area contributed by atoms with Crippen molar-refractivity contribution in [2.24, 2.45) is 7.05 Å². The van der Waals surface area contributed by atoms with Gasteiger partial charge in [0.25, 0.3) is 5.56 Å². The van der Waals surface area contributed by atoms with E-state index < -0.39 is 5.97 Å². The molecule has 144 valence electrons. The minimum atomic E-state index is -0.414. The lowest BCUT2D eigenvalue weighted by molar-refractivity contribution is 0.0524. The quantitative estimate of drug-likeness (QED) is 0.248. The first-order chi connectivity index (χ1) is 13.6. The lowest BCUT2D eigenvalue weighted by Gasteiger charge is -2.07. The van der Waals surface area contributed by atoms with Gasteiger partial charge >= 0.3 is 5.97 Å². The van der Waals surface area contributed by atoms with Gasteiger partial charge in [-0.2, -0.15) is 0 Å². The molecule has 6 nitrogen and oxygen atoms in total. The molecule has 0 aliphatic heterocycles. The topological polar surface area (TPSA) is 74.3 Å². The fourth-order valence-corrected chi connectivity index (χ4v) is 5.49. The van der Waals surface area contributed by atoms with Crippen LogP contribution in [0.25, 0.3) is 20.7 Å². The zero-order chi connectivity index (χ0) is 19.7. The number of rotatable bonds is 6. The summed E-state index contributed by atoms with van der Waals surface area (Å²) < 4.78 is 12.0. The van der Waals surface area contributed by atoms with Crippen LogP contribution in [-0.2, 0) is 17.5 Å². The highest BCUT2D eigenvalue weighted by molar-refractivity contribution is 7.98. The molecule has 4 heterocycles. The van der Waals surface area contributed by atoms with Gasteiger partial charge in [-0.25, -0.2) is 9.78 Å². The zero-order valence-electron chi connectivity index (χ0n) is 15.1. The summed E-state index contributed by atoms with van der Waals surface area (Å²) in [5.74, 6) is 0.460. The van der Waals surface area contributed by atoms with Crippen molar-refractivity contribution < 1.29 is 13.9 Å². The molecule has 0 spiro atoms. The zero-order valence-corrected chi connectivity index (χ0v) is 17.6. The number of thiophene rings is 2. The van der Waals surface area contributed by atoms with E-state index in [-0.39, 0.29) is 5.56 Å². The van der Waals surface area contributed by atoms with Crippen molar-refractivity contribution in [2.45, 2.75) is 17.8 Å². The molecule has 0 aliphatic carbocycles. The second-order valence-corrected chi connectivity index (χ2v) is 8.58. The first-order valence-electron chi connectivity index (χ1n) is 8.48. The largest absolute Gasteiger partial charge is 0.468 e. The Labute approximate surface area is 172 Å². The highest BCUT2D eigenvalue weighted by Gasteiger charge is 2.19. The molecular formula is C19H16N2O4S3. The van der Waals surface area contributed by atoms with Crippen LogP contribution in [0.4, 0.5) is 0 Å². The van der Waals surface area contributed by atoms with E-state index in [2.05, 4.69) is 4.98 Å². The second-order valence-electron chi connectivity index (χ2n) is 5.83. The molecule has 0 bridgehead atoms. The smallest absolute Gasteiger partial charge is 0.341 e. The maximum Gasteiger partial charge on any atom is 0.341 e. The van der Waals surface area contributed by atoms with Crippen LogP contribution in [-0.4, -0.2) is 22.1 Å². The molecule has 0 aromatic carbocycles. The van der Waals surface area contributed by atoms with Crippen LogP contribution in [0, 0.1) is 0 Å². The normalized spacial score (nSPS) is 11.2. The second kappa shape index (κ2) is 7.94. The number of carbonyl (C=O) groups excluding carboxylic acids is 1. The third kappa shape index (κ3) is 3.41. The number of esters is 1. The maximum absolute atomic E-state index is 13.0. The van der Waals surface area contributed by atoms with Gasteiger partial charge in [-0.15, -0.1) is 22.7 Å². The predicted molar refractivity (Wildman–Crippen MR) is 112 cm³/mol. The summed E-state index contributed by atoms with van der Waals surface area (Å²) in [5.41, 5.74) is 1.24. The Morgan fingerprint density at radius 3 is 2.96 bits per heavy atom. The van der Waals surface area contributed by atoms with Crippen molar-refractivity contribution in [3.8, 4) is 10.4 Å². The lowest BCUT2D eigenvalue weighted by Crippen LogP contribution is -2.19. The number of fused-ring (bicyclic) bond motifs is 1. The van der Waals surface area contributed by atoms with Gasteiger partial charge < -0.3 is 9.15 Å². The summed E-state index contributed by atoms with van der Waals surface area (Å²) in [6.07, 6.45) is 1.46. The SMILES string of the molecule is CCOC(=O)c1ccoc1CSc1nc2scc(-c3cccs3)c2c(=O)n1C. The van der Waals surface area contributed by atoms with Crippen molar-refractivity contribution in [1.82, 2.24) is 9.55 Å². The first-order valence-corrected chi connectivity index (χ1v) is 11.2. The van der Waals surface area contributed by atoms with Crippen molar-refractivity contribution in [3.05, 3.63) is 56.9 Å². The highest BCUT2D eigenvalue weighted by Crippen LogP contribution is 2.34. The third-order valence-corrected chi connectivity index (χ3v) is 6.94. The Hall–Kier alpha value is -2.36. The van der Waals surface area contributed by atoms with Crippen LogP contribution in [0.1, 0.15) is 23.0 Å². The van der Waals surface area contributed by atoms with Gasteiger partial charge in [0.2, 0.25) is 0 Å². The number of hydrogen-bond donors (Lipinski definition) is 0. The van der Waals surface area contributed by atoms with E-state index in [0.29, 0.717) is 39.1 Å². The average Bonchev–Trinajstić information content (AvgIpc) is 3.43. The molecule has 0 aliphatic rings. The molecule has 0 unspecified atom stereocenters. The lowest BCUT2D eigenvalue weighted by atomic mass is 10.2. The summed E-state index contributed by atoms with van der Waals surface area (Å²) in [7, 11) is 1.71. The first kappa shape index (κ1) is 19.0. The van der Waals surface area contributed by atoms with Gasteiger partial charge in [0.15, 0.2) is 5.16 Å². The van der Waals surface area contributed by atoms with Gasteiger partial charge in [-0.3, -0.25) is 9.36 Å². The number of hydrogen-bond acceptors (Lipinski definition) is 8. The number of thioether (sulfide) groups is 1. The number of ether oxygens (including phenoxy) is 1. The van der Waals surface area contributed by atoms with E-state index in [0.717, 1.165) is 10.4 Å². The number of nitrogens with zero attached hydrogens (tertiary/aromatic N) is 2. The van der Waals surface area contributed by atoms with E-state index in [1.54, 1.807) is 35.9 Å². The van der Waals surface area contributed by atoms with Gasteiger partial charge in [-0.05, 0) is 24.4 Å². The van der Waals surface area contributed by atoms with E-state index in [1.165, 1.54) is 29.4 Å². The van der Waals surface area contributed by atoms with Crippen molar-refractivity contribution in [3.63, 3.8) is 0 Å². The van der Waals surface area contributed by atoms with Gasteiger partial charge in [0.05, 0.1) is 24.0 Å². The van der Waals surface area contributed by atoms with Crippen LogP contribution < -0.4 is 5.56 Å². The Morgan fingerprint density at radius 1 is 1.36 bits per heavy atom. The molecule has 0 atom stereocenters. The van der Waals surface area contributed by atoms with Crippen molar-refractivity contribution in [1.29, 1.82) is 0 Å². The number of furan rings is 1. The summed E-state index contributed by atoms with van der Waals surface area (Å²) >= 11 is 4.41. The van der Waals surface area contributed by atoms with Gasteiger partial charge in [0.1, 0.15) is 16.2 Å². The minimum absolute atomic E-state index is 0.0813. The van der Waals surface area contributed by atoms with E-state index in [1.807, 2.05) is 22.9 Å². The molecular weight excluding hydrogens is 416 g/mol. The third-order valence-electron chi connectivity index (χ3n) is 4.13. The molecule has 4 rings (SSSR count). The van der Waals surface area contributed by atoms with Crippen LogP contribution in [0.2, 0.25) is 0 Å². The fourth-order valence-electron chi connectivity index (χ4n) is 2.77. The molecule has 0 saturated carbocycles. The fraction of sp³-hybridized carbons (Fsp3) is 0.211.